The van der Waals surface area contributed by atoms with Gasteiger partial charge in [0.05, 0.1) is 0 Å². The van der Waals surface area contributed by atoms with Crippen LogP contribution in [0, 0.1) is 0 Å². The highest BCUT2D eigenvalue weighted by molar-refractivity contribution is 5.68. The molecule has 1 saturated heterocycles. The van der Waals surface area contributed by atoms with Crippen molar-refractivity contribution in [3.8, 4) is 0 Å². The van der Waals surface area contributed by atoms with E-state index < -0.39 is 5.60 Å². The fourth-order valence-corrected chi connectivity index (χ4v) is 1.92. The number of likely N-dealkylation sites (tertiary alicyclic amines) is 1. The summed E-state index contributed by atoms with van der Waals surface area (Å²) in [6.45, 7) is 8.40. The molecule has 2 N–H and O–H groups in total. The summed E-state index contributed by atoms with van der Waals surface area (Å²) in [6, 6.07) is 0.132. The molecule has 0 aromatic carbocycles. The third-order valence-corrected chi connectivity index (χ3v) is 2.93. The van der Waals surface area contributed by atoms with Crippen LogP contribution in [-0.2, 0) is 4.74 Å². The smallest absolute Gasteiger partial charge is 0.410 e. The lowest BCUT2D eigenvalue weighted by atomic mass is 10.1. The molecule has 4 heteroatoms. The van der Waals surface area contributed by atoms with Crippen LogP contribution in [-0.4, -0.2) is 35.2 Å². The molecule has 2 atom stereocenters. The Kier molecular flexibility index (Phi) is 4.19. The highest BCUT2D eigenvalue weighted by Gasteiger charge is 2.30. The van der Waals surface area contributed by atoms with Crippen molar-refractivity contribution in [3.63, 3.8) is 0 Å². The minimum atomic E-state index is -0.437. The average molecular weight is 228 g/mol. The van der Waals surface area contributed by atoms with E-state index in [1.54, 1.807) is 4.90 Å². The number of nitrogens with two attached hydrogens (primary N) is 1. The largest absolute Gasteiger partial charge is 0.444 e. The van der Waals surface area contributed by atoms with Gasteiger partial charge in [0.2, 0.25) is 0 Å². The molecule has 0 radical (unpaired) electrons. The van der Waals surface area contributed by atoms with Crippen LogP contribution in [0.5, 0.6) is 0 Å². The Hall–Kier alpha value is -0.770. The van der Waals surface area contributed by atoms with E-state index in [4.69, 9.17) is 10.5 Å². The second kappa shape index (κ2) is 5.04. The van der Waals surface area contributed by atoms with Gasteiger partial charge in [-0.1, -0.05) is 6.42 Å². The molecule has 1 aliphatic heterocycles. The van der Waals surface area contributed by atoms with Gasteiger partial charge in [0.1, 0.15) is 5.60 Å². The maximum absolute atomic E-state index is 12.0. The van der Waals surface area contributed by atoms with Gasteiger partial charge in [-0.15, -0.1) is 0 Å². The minimum absolute atomic E-state index is 0.0648. The zero-order valence-electron chi connectivity index (χ0n) is 10.8. The summed E-state index contributed by atoms with van der Waals surface area (Å²) in [5.74, 6) is 0. The van der Waals surface area contributed by atoms with Crippen LogP contribution < -0.4 is 5.73 Å². The zero-order valence-corrected chi connectivity index (χ0v) is 10.8. The van der Waals surface area contributed by atoms with Crippen LogP contribution in [0.25, 0.3) is 0 Å². The number of nitrogens with zero attached hydrogens (tertiary/aromatic N) is 1. The van der Waals surface area contributed by atoms with E-state index in [-0.39, 0.29) is 18.2 Å². The molecule has 1 rings (SSSR count). The molecule has 0 bridgehead atoms. The number of hydrogen-bond acceptors (Lipinski definition) is 3. The molecule has 1 amide bonds. The van der Waals surface area contributed by atoms with E-state index in [0.717, 1.165) is 25.8 Å². The topological polar surface area (TPSA) is 55.6 Å². The predicted octanol–water partition coefficient (Wildman–Crippen LogP) is 2.12. The third kappa shape index (κ3) is 3.67. The zero-order chi connectivity index (χ0) is 12.3. The molecule has 1 fully saturated rings. The number of amides is 1. The number of rotatable bonds is 0. The molecule has 94 valence electrons. The van der Waals surface area contributed by atoms with Crippen LogP contribution >= 0.6 is 0 Å². The molecular weight excluding hydrogens is 204 g/mol. The summed E-state index contributed by atoms with van der Waals surface area (Å²) in [5.41, 5.74) is 5.58. The lowest BCUT2D eigenvalue weighted by Gasteiger charge is -2.32. The first-order chi connectivity index (χ1) is 7.31. The fourth-order valence-electron chi connectivity index (χ4n) is 1.92. The van der Waals surface area contributed by atoms with E-state index in [1.807, 2.05) is 27.7 Å². The van der Waals surface area contributed by atoms with Crippen LogP contribution in [0.3, 0.4) is 0 Å². The standard InChI is InChI=1S/C12H24N2O2/c1-9-10(13)7-5-6-8-14(9)11(15)16-12(2,3)4/h9-10H,5-8,13H2,1-4H3. The van der Waals surface area contributed by atoms with Crippen molar-refractivity contribution in [2.24, 2.45) is 5.73 Å². The predicted molar refractivity (Wildman–Crippen MR) is 64.2 cm³/mol. The van der Waals surface area contributed by atoms with Crippen molar-refractivity contribution < 1.29 is 9.53 Å². The molecule has 0 aromatic rings. The summed E-state index contributed by atoms with van der Waals surface area (Å²) in [6.07, 6.45) is 2.85. The number of carbonyl (C=O) groups excluding carboxylic acids is 1. The van der Waals surface area contributed by atoms with Crippen molar-refractivity contribution in [1.82, 2.24) is 4.90 Å². The third-order valence-electron chi connectivity index (χ3n) is 2.93. The molecule has 1 heterocycles. The Morgan fingerprint density at radius 2 is 2.00 bits per heavy atom. The second-order valence-electron chi connectivity index (χ2n) is 5.57. The van der Waals surface area contributed by atoms with Crippen molar-refractivity contribution in [2.45, 2.75) is 64.6 Å². The van der Waals surface area contributed by atoms with Crippen molar-refractivity contribution >= 4 is 6.09 Å². The maximum Gasteiger partial charge on any atom is 0.410 e. The Balaban J connectivity index is 2.65. The van der Waals surface area contributed by atoms with Gasteiger partial charge in [-0.25, -0.2) is 4.79 Å². The Morgan fingerprint density at radius 1 is 1.38 bits per heavy atom. The van der Waals surface area contributed by atoms with E-state index >= 15 is 0 Å². The lowest BCUT2D eigenvalue weighted by molar-refractivity contribution is 0.0169. The molecule has 0 aromatic heterocycles. The van der Waals surface area contributed by atoms with Gasteiger partial charge in [0, 0.05) is 18.6 Å². The summed E-state index contributed by atoms with van der Waals surface area (Å²) < 4.78 is 5.38. The highest BCUT2D eigenvalue weighted by Crippen LogP contribution is 2.19. The van der Waals surface area contributed by atoms with Crippen LogP contribution in [0.4, 0.5) is 4.79 Å². The average Bonchev–Trinajstić information content (AvgIpc) is 2.27. The molecular formula is C12H24N2O2. The van der Waals surface area contributed by atoms with Gasteiger partial charge in [-0.2, -0.15) is 0 Å². The van der Waals surface area contributed by atoms with Gasteiger partial charge in [0.15, 0.2) is 0 Å². The number of carbonyl (C=O) groups is 1. The Labute approximate surface area is 98.1 Å². The molecule has 0 spiro atoms. The van der Waals surface area contributed by atoms with E-state index in [2.05, 4.69) is 0 Å². The van der Waals surface area contributed by atoms with Crippen molar-refractivity contribution in [2.75, 3.05) is 6.54 Å². The summed E-state index contributed by atoms with van der Waals surface area (Å²) >= 11 is 0. The maximum atomic E-state index is 12.0. The number of hydrogen-bond donors (Lipinski definition) is 1. The Bertz CT molecular complexity index is 248. The van der Waals surface area contributed by atoms with Gasteiger partial charge >= 0.3 is 6.09 Å². The lowest BCUT2D eigenvalue weighted by Crippen LogP contribution is -2.49. The van der Waals surface area contributed by atoms with Crippen molar-refractivity contribution in [1.29, 1.82) is 0 Å². The molecule has 4 nitrogen and oxygen atoms in total. The monoisotopic (exact) mass is 228 g/mol. The van der Waals surface area contributed by atoms with Crippen LogP contribution in [0.15, 0.2) is 0 Å². The quantitative estimate of drug-likeness (QED) is 0.691. The first-order valence-corrected chi connectivity index (χ1v) is 6.06. The van der Waals surface area contributed by atoms with Crippen LogP contribution in [0.1, 0.15) is 47.0 Å². The summed E-state index contributed by atoms with van der Waals surface area (Å²) in [4.78, 5) is 13.7. The first-order valence-electron chi connectivity index (χ1n) is 6.06. The van der Waals surface area contributed by atoms with Gasteiger partial charge in [-0.05, 0) is 40.5 Å². The molecule has 1 aliphatic rings. The fraction of sp³-hybridized carbons (Fsp3) is 0.917. The SMILES string of the molecule is CC1C(N)CCCCN1C(=O)OC(C)(C)C. The highest BCUT2D eigenvalue weighted by atomic mass is 16.6. The minimum Gasteiger partial charge on any atom is -0.444 e. The van der Waals surface area contributed by atoms with E-state index in [1.165, 1.54) is 0 Å². The Morgan fingerprint density at radius 3 is 2.56 bits per heavy atom. The van der Waals surface area contributed by atoms with E-state index in [9.17, 15) is 4.79 Å². The summed E-state index contributed by atoms with van der Waals surface area (Å²) in [7, 11) is 0. The molecule has 0 aliphatic carbocycles. The van der Waals surface area contributed by atoms with Gasteiger partial charge < -0.3 is 15.4 Å². The van der Waals surface area contributed by atoms with Crippen molar-refractivity contribution in [3.05, 3.63) is 0 Å². The molecule has 0 saturated carbocycles. The molecule has 16 heavy (non-hydrogen) atoms. The number of ether oxygens (including phenoxy) is 1. The normalized spacial score (nSPS) is 27.4. The van der Waals surface area contributed by atoms with Gasteiger partial charge in [-0.3, -0.25) is 0 Å². The first kappa shape index (κ1) is 13.3. The van der Waals surface area contributed by atoms with E-state index in [0.29, 0.717) is 0 Å². The summed E-state index contributed by atoms with van der Waals surface area (Å²) in [5, 5.41) is 0. The van der Waals surface area contributed by atoms with Crippen LogP contribution in [0.2, 0.25) is 0 Å². The second-order valence-corrected chi connectivity index (χ2v) is 5.57. The molecule has 2 unspecified atom stereocenters. The van der Waals surface area contributed by atoms with Gasteiger partial charge in [0.25, 0.3) is 0 Å².